The first kappa shape index (κ1) is 15.5. The first-order valence-corrected chi connectivity index (χ1v) is 7.23. The second kappa shape index (κ2) is 6.72. The Labute approximate surface area is 125 Å². The molecule has 0 aromatic heterocycles. The molecule has 1 saturated heterocycles. The number of anilines is 1. The highest BCUT2D eigenvalue weighted by molar-refractivity contribution is 5.97. The second-order valence-electron chi connectivity index (χ2n) is 5.78. The van der Waals surface area contributed by atoms with E-state index < -0.39 is 5.97 Å². The van der Waals surface area contributed by atoms with Crippen LogP contribution < -0.4 is 4.90 Å². The van der Waals surface area contributed by atoms with Gasteiger partial charge in [0.25, 0.3) is 0 Å². The normalized spacial score (nSPS) is 19.2. The molecule has 1 aliphatic heterocycles. The average molecular weight is 290 g/mol. The van der Waals surface area contributed by atoms with Crippen LogP contribution in [-0.4, -0.2) is 55.5 Å². The van der Waals surface area contributed by atoms with Crippen molar-refractivity contribution >= 4 is 17.4 Å². The summed E-state index contributed by atoms with van der Waals surface area (Å²) in [7, 11) is 3.91. The lowest BCUT2D eigenvalue weighted by Crippen LogP contribution is -2.41. The highest BCUT2D eigenvalue weighted by Gasteiger charge is 2.26. The number of carboxylic acid groups (broad SMARTS) is 1. The summed E-state index contributed by atoms with van der Waals surface area (Å²) >= 11 is 0. The van der Waals surface area contributed by atoms with E-state index in [4.69, 9.17) is 5.11 Å². The SMILES string of the molecule is CN(C)c1ccc(C(=O)CN2CCCC(C(=O)O)C2)cc1. The molecule has 21 heavy (non-hydrogen) atoms. The standard InChI is InChI=1S/C16H22N2O3/c1-17(2)14-7-5-12(6-8-14)15(19)11-18-9-3-4-13(10-18)16(20)21/h5-8,13H,3-4,9-11H2,1-2H3,(H,20,21). The van der Waals surface area contributed by atoms with Crippen molar-refractivity contribution in [3.05, 3.63) is 29.8 Å². The maximum atomic E-state index is 12.3. The summed E-state index contributed by atoms with van der Waals surface area (Å²) in [4.78, 5) is 27.2. The Hall–Kier alpha value is -1.88. The van der Waals surface area contributed by atoms with Crippen molar-refractivity contribution in [2.45, 2.75) is 12.8 Å². The Bertz CT molecular complexity index is 511. The van der Waals surface area contributed by atoms with Crippen LogP contribution in [0.1, 0.15) is 23.2 Å². The van der Waals surface area contributed by atoms with Gasteiger partial charge in [0.05, 0.1) is 12.5 Å². The van der Waals surface area contributed by atoms with E-state index in [9.17, 15) is 9.59 Å². The Balaban J connectivity index is 1.96. The maximum absolute atomic E-state index is 12.3. The van der Waals surface area contributed by atoms with E-state index >= 15 is 0 Å². The molecule has 0 amide bonds. The largest absolute Gasteiger partial charge is 0.481 e. The Morgan fingerprint density at radius 1 is 1.29 bits per heavy atom. The summed E-state index contributed by atoms with van der Waals surface area (Å²) in [6.07, 6.45) is 1.54. The molecule has 0 spiro atoms. The summed E-state index contributed by atoms with van der Waals surface area (Å²) in [5.74, 6) is -1.06. The zero-order valence-corrected chi connectivity index (χ0v) is 12.6. The molecule has 5 nitrogen and oxygen atoms in total. The van der Waals surface area contributed by atoms with E-state index in [-0.39, 0.29) is 11.7 Å². The van der Waals surface area contributed by atoms with E-state index in [1.54, 1.807) is 0 Å². The van der Waals surface area contributed by atoms with Gasteiger partial charge in [-0.2, -0.15) is 0 Å². The predicted octanol–water partition coefficient (Wildman–Crippen LogP) is 1.73. The van der Waals surface area contributed by atoms with Gasteiger partial charge in [0.15, 0.2) is 5.78 Å². The van der Waals surface area contributed by atoms with Crippen LogP contribution in [0.15, 0.2) is 24.3 Å². The number of piperidine rings is 1. The van der Waals surface area contributed by atoms with Crippen molar-refractivity contribution in [2.75, 3.05) is 38.6 Å². The fourth-order valence-electron chi connectivity index (χ4n) is 2.64. The van der Waals surface area contributed by atoms with Crippen LogP contribution in [0.4, 0.5) is 5.69 Å². The lowest BCUT2D eigenvalue weighted by atomic mass is 9.97. The summed E-state index contributed by atoms with van der Waals surface area (Å²) in [6.45, 7) is 1.56. The lowest BCUT2D eigenvalue weighted by Gasteiger charge is -2.29. The number of nitrogens with zero attached hydrogens (tertiary/aromatic N) is 2. The quantitative estimate of drug-likeness (QED) is 0.837. The molecule has 0 saturated carbocycles. The predicted molar refractivity (Wildman–Crippen MR) is 81.9 cm³/mol. The number of likely N-dealkylation sites (tertiary alicyclic amines) is 1. The fraction of sp³-hybridized carbons (Fsp3) is 0.500. The van der Waals surface area contributed by atoms with Crippen molar-refractivity contribution in [1.29, 1.82) is 0 Å². The molecule has 1 aliphatic rings. The van der Waals surface area contributed by atoms with Crippen molar-refractivity contribution in [3.8, 4) is 0 Å². The van der Waals surface area contributed by atoms with E-state index in [1.165, 1.54) is 0 Å². The molecule has 0 bridgehead atoms. The molecule has 1 unspecified atom stereocenters. The topological polar surface area (TPSA) is 60.9 Å². The zero-order valence-electron chi connectivity index (χ0n) is 12.6. The third kappa shape index (κ3) is 4.04. The average Bonchev–Trinajstić information content (AvgIpc) is 2.47. The molecule has 0 radical (unpaired) electrons. The van der Waals surface area contributed by atoms with Gasteiger partial charge in [0.1, 0.15) is 0 Å². The molecule has 1 heterocycles. The molecule has 1 N–H and O–H groups in total. The van der Waals surface area contributed by atoms with E-state index in [1.807, 2.05) is 48.2 Å². The van der Waals surface area contributed by atoms with Crippen molar-refractivity contribution in [2.24, 2.45) is 5.92 Å². The van der Waals surface area contributed by atoms with Crippen LogP contribution in [-0.2, 0) is 4.79 Å². The number of aliphatic carboxylic acids is 1. The second-order valence-corrected chi connectivity index (χ2v) is 5.78. The minimum absolute atomic E-state index is 0.0475. The monoisotopic (exact) mass is 290 g/mol. The van der Waals surface area contributed by atoms with Gasteiger partial charge in [-0.25, -0.2) is 0 Å². The minimum Gasteiger partial charge on any atom is -0.481 e. The molecule has 1 fully saturated rings. The van der Waals surface area contributed by atoms with Gasteiger partial charge in [-0.15, -0.1) is 0 Å². The minimum atomic E-state index is -0.762. The van der Waals surface area contributed by atoms with Crippen LogP contribution in [0.3, 0.4) is 0 Å². The van der Waals surface area contributed by atoms with E-state index in [2.05, 4.69) is 0 Å². The van der Waals surface area contributed by atoms with Crippen LogP contribution in [0.5, 0.6) is 0 Å². The molecule has 0 aliphatic carbocycles. The van der Waals surface area contributed by atoms with Crippen LogP contribution >= 0.6 is 0 Å². The smallest absolute Gasteiger partial charge is 0.307 e. The van der Waals surface area contributed by atoms with Crippen molar-refractivity contribution in [1.82, 2.24) is 4.90 Å². The maximum Gasteiger partial charge on any atom is 0.307 e. The summed E-state index contributed by atoms with van der Waals surface area (Å²) in [5.41, 5.74) is 1.73. The molecular weight excluding hydrogens is 268 g/mol. The number of hydrogen-bond acceptors (Lipinski definition) is 4. The van der Waals surface area contributed by atoms with E-state index in [0.717, 1.165) is 18.7 Å². The number of benzene rings is 1. The fourth-order valence-corrected chi connectivity index (χ4v) is 2.64. The number of carbonyl (C=O) groups excluding carboxylic acids is 1. The number of rotatable bonds is 5. The molecule has 1 aromatic rings. The molecule has 114 valence electrons. The summed E-state index contributed by atoms with van der Waals surface area (Å²) in [5, 5.41) is 9.07. The number of ketones is 1. The molecule has 1 atom stereocenters. The highest BCUT2D eigenvalue weighted by Crippen LogP contribution is 2.18. The third-order valence-electron chi connectivity index (χ3n) is 3.93. The number of carboxylic acids is 1. The van der Waals surface area contributed by atoms with Crippen LogP contribution in [0.2, 0.25) is 0 Å². The van der Waals surface area contributed by atoms with Gasteiger partial charge >= 0.3 is 5.97 Å². The van der Waals surface area contributed by atoms with Crippen molar-refractivity contribution in [3.63, 3.8) is 0 Å². The van der Waals surface area contributed by atoms with Gasteiger partial charge in [0, 0.05) is 31.9 Å². The van der Waals surface area contributed by atoms with Gasteiger partial charge in [0.2, 0.25) is 0 Å². The summed E-state index contributed by atoms with van der Waals surface area (Å²) < 4.78 is 0. The molecule has 2 rings (SSSR count). The van der Waals surface area contributed by atoms with E-state index in [0.29, 0.717) is 25.1 Å². The van der Waals surface area contributed by atoms with Crippen LogP contribution in [0.25, 0.3) is 0 Å². The lowest BCUT2D eigenvalue weighted by molar-refractivity contribution is -0.143. The number of Topliss-reactive ketones (excluding diaryl/α,β-unsaturated/α-hetero) is 1. The number of carbonyl (C=O) groups is 2. The van der Waals surface area contributed by atoms with Gasteiger partial charge < -0.3 is 10.0 Å². The van der Waals surface area contributed by atoms with Gasteiger partial charge in [-0.1, -0.05) is 0 Å². The molecule has 5 heteroatoms. The van der Waals surface area contributed by atoms with Gasteiger partial charge in [-0.3, -0.25) is 14.5 Å². The number of hydrogen-bond donors (Lipinski definition) is 1. The first-order chi connectivity index (χ1) is 9.97. The Morgan fingerprint density at radius 2 is 1.95 bits per heavy atom. The highest BCUT2D eigenvalue weighted by atomic mass is 16.4. The first-order valence-electron chi connectivity index (χ1n) is 7.23. The summed E-state index contributed by atoms with van der Waals surface area (Å²) in [6, 6.07) is 7.50. The van der Waals surface area contributed by atoms with Crippen molar-refractivity contribution < 1.29 is 14.7 Å². The third-order valence-corrected chi connectivity index (χ3v) is 3.93. The Morgan fingerprint density at radius 3 is 2.52 bits per heavy atom. The zero-order chi connectivity index (χ0) is 15.4. The molecular formula is C16H22N2O3. The molecule has 1 aromatic carbocycles. The Kier molecular flexibility index (Phi) is 4.96. The van der Waals surface area contributed by atoms with Gasteiger partial charge in [-0.05, 0) is 43.7 Å². The van der Waals surface area contributed by atoms with Crippen LogP contribution in [0, 0.1) is 5.92 Å².